The van der Waals surface area contributed by atoms with Crippen LogP contribution in [0.4, 0.5) is 0 Å². The minimum Gasteiger partial charge on any atom is -0.410 e. The van der Waals surface area contributed by atoms with Gasteiger partial charge in [0, 0.05) is 6.42 Å². The highest BCUT2D eigenvalue weighted by molar-refractivity contribution is 9.12. The van der Waals surface area contributed by atoms with E-state index in [9.17, 15) is 4.79 Å². The Morgan fingerprint density at radius 3 is 2.33 bits per heavy atom. The summed E-state index contributed by atoms with van der Waals surface area (Å²) in [6, 6.07) is 0. The molecule has 0 radical (unpaired) electrons. The molecular formula is C11H19BrO2Si. The van der Waals surface area contributed by atoms with Crippen LogP contribution in [-0.2, 0) is 9.22 Å². The Morgan fingerprint density at radius 1 is 1.47 bits per heavy atom. The van der Waals surface area contributed by atoms with Crippen LogP contribution in [0.25, 0.3) is 0 Å². The van der Waals surface area contributed by atoms with Crippen LogP contribution in [0.15, 0.2) is 10.6 Å². The van der Waals surface area contributed by atoms with E-state index in [-0.39, 0.29) is 16.9 Å². The number of hydrogen-bond donors (Lipinski definition) is 0. The summed E-state index contributed by atoms with van der Waals surface area (Å²) in [7, 11) is -1.75. The van der Waals surface area contributed by atoms with Crippen LogP contribution >= 0.6 is 15.9 Å². The molecule has 15 heavy (non-hydrogen) atoms. The Bertz CT molecular complexity index is 302. The molecule has 1 aliphatic rings. The lowest BCUT2D eigenvalue weighted by Crippen LogP contribution is -2.43. The molecule has 0 heterocycles. The summed E-state index contributed by atoms with van der Waals surface area (Å²) in [5.74, 6) is 0.152. The molecule has 0 aromatic rings. The summed E-state index contributed by atoms with van der Waals surface area (Å²) in [5.41, 5.74) is 0. The normalized spacial score (nSPS) is 23.2. The van der Waals surface area contributed by atoms with Gasteiger partial charge in [0.15, 0.2) is 14.1 Å². The van der Waals surface area contributed by atoms with E-state index in [1.165, 1.54) is 0 Å². The predicted octanol–water partition coefficient (Wildman–Crippen LogP) is 3.63. The standard InChI is InChI=1S/C11H19BrO2Si/c1-11(2,3)15(4,5)14-8-6-9(12)10(13)7-8/h6,8H,7H2,1-5H3/t8-/m1/s1. The molecule has 0 fully saturated rings. The molecule has 1 rings (SSSR count). The molecule has 0 aromatic carbocycles. The van der Waals surface area contributed by atoms with Gasteiger partial charge in [0.2, 0.25) is 0 Å². The topological polar surface area (TPSA) is 26.3 Å². The molecule has 0 N–H and O–H groups in total. The van der Waals surface area contributed by atoms with E-state index in [1.54, 1.807) is 0 Å². The first-order valence-electron chi connectivity index (χ1n) is 5.22. The molecule has 4 heteroatoms. The average Bonchev–Trinajstić information content (AvgIpc) is 2.27. The largest absolute Gasteiger partial charge is 0.410 e. The zero-order valence-corrected chi connectivity index (χ0v) is 12.6. The Hall–Kier alpha value is 0.0669. The lowest BCUT2D eigenvalue weighted by Gasteiger charge is -2.37. The summed E-state index contributed by atoms with van der Waals surface area (Å²) < 4.78 is 6.79. The van der Waals surface area contributed by atoms with Crippen molar-refractivity contribution in [2.45, 2.75) is 51.4 Å². The van der Waals surface area contributed by atoms with Gasteiger partial charge in [-0.05, 0) is 40.1 Å². The maximum Gasteiger partial charge on any atom is 0.192 e. The molecule has 0 saturated carbocycles. The second-order valence-electron chi connectivity index (χ2n) is 5.56. The summed E-state index contributed by atoms with van der Waals surface area (Å²) in [5, 5.41) is 0.193. The minimum atomic E-state index is -1.75. The van der Waals surface area contributed by atoms with E-state index in [4.69, 9.17) is 4.43 Å². The smallest absolute Gasteiger partial charge is 0.192 e. The number of halogens is 1. The third kappa shape index (κ3) is 3.01. The third-order valence-electron chi connectivity index (χ3n) is 3.24. The van der Waals surface area contributed by atoms with Crippen molar-refractivity contribution in [1.29, 1.82) is 0 Å². The first kappa shape index (κ1) is 13.1. The second-order valence-corrected chi connectivity index (χ2v) is 11.2. The van der Waals surface area contributed by atoms with Gasteiger partial charge in [-0.2, -0.15) is 0 Å². The SMILES string of the molecule is CC(C)(C)[Si](C)(C)O[C@@H]1C=C(Br)C(=O)C1. The van der Waals surface area contributed by atoms with E-state index in [2.05, 4.69) is 49.8 Å². The first-order valence-corrected chi connectivity index (χ1v) is 8.92. The van der Waals surface area contributed by atoms with Crippen molar-refractivity contribution in [2.24, 2.45) is 0 Å². The zero-order chi connectivity index (χ0) is 11.9. The fourth-order valence-electron chi connectivity index (χ4n) is 1.23. The molecule has 0 unspecified atom stereocenters. The number of Topliss-reactive ketones (excluding diaryl/α,β-unsaturated/α-hetero) is 1. The molecule has 0 bridgehead atoms. The summed E-state index contributed by atoms with van der Waals surface area (Å²) >= 11 is 3.25. The van der Waals surface area contributed by atoms with Gasteiger partial charge in [0.25, 0.3) is 0 Å². The van der Waals surface area contributed by atoms with Crippen molar-refractivity contribution in [3.05, 3.63) is 10.6 Å². The van der Waals surface area contributed by atoms with Crippen LogP contribution in [0.1, 0.15) is 27.2 Å². The van der Waals surface area contributed by atoms with E-state index in [0.717, 1.165) is 0 Å². The van der Waals surface area contributed by atoms with Crippen LogP contribution in [-0.4, -0.2) is 20.2 Å². The van der Waals surface area contributed by atoms with E-state index < -0.39 is 8.32 Å². The molecule has 0 aromatic heterocycles. The molecule has 86 valence electrons. The minimum absolute atomic E-state index is 0.0206. The van der Waals surface area contributed by atoms with Gasteiger partial charge in [-0.3, -0.25) is 4.79 Å². The Balaban J connectivity index is 2.69. The van der Waals surface area contributed by atoms with Gasteiger partial charge in [-0.25, -0.2) is 0 Å². The number of ketones is 1. The van der Waals surface area contributed by atoms with Crippen molar-refractivity contribution >= 4 is 30.0 Å². The van der Waals surface area contributed by atoms with Crippen molar-refractivity contribution in [3.8, 4) is 0 Å². The summed E-state index contributed by atoms with van der Waals surface area (Å²) in [6.45, 7) is 11.0. The Kier molecular flexibility index (Phi) is 3.63. The maximum absolute atomic E-state index is 11.3. The van der Waals surface area contributed by atoms with Gasteiger partial charge < -0.3 is 4.43 Å². The number of carbonyl (C=O) groups excluding carboxylic acids is 1. The quantitative estimate of drug-likeness (QED) is 0.726. The number of carbonyl (C=O) groups is 1. The highest BCUT2D eigenvalue weighted by Crippen LogP contribution is 2.38. The van der Waals surface area contributed by atoms with E-state index in [0.29, 0.717) is 10.9 Å². The molecule has 2 nitrogen and oxygen atoms in total. The van der Waals surface area contributed by atoms with Crippen molar-refractivity contribution in [1.82, 2.24) is 0 Å². The van der Waals surface area contributed by atoms with Crippen LogP contribution in [0.2, 0.25) is 18.1 Å². The average molecular weight is 291 g/mol. The van der Waals surface area contributed by atoms with Crippen LogP contribution < -0.4 is 0 Å². The molecule has 0 aliphatic heterocycles. The first-order chi connectivity index (χ1) is 6.63. The predicted molar refractivity (Wildman–Crippen MR) is 68.7 cm³/mol. The lowest BCUT2D eigenvalue weighted by atomic mass is 10.2. The Labute approximate surface area is 101 Å². The third-order valence-corrected chi connectivity index (χ3v) is 8.45. The number of allylic oxidation sites excluding steroid dienone is 1. The maximum atomic E-state index is 11.3. The van der Waals surface area contributed by atoms with Crippen molar-refractivity contribution in [2.75, 3.05) is 0 Å². The van der Waals surface area contributed by atoms with Crippen LogP contribution in [0.5, 0.6) is 0 Å². The monoisotopic (exact) mass is 290 g/mol. The van der Waals surface area contributed by atoms with Crippen LogP contribution in [0, 0.1) is 0 Å². The summed E-state index contributed by atoms with van der Waals surface area (Å²) in [4.78, 5) is 11.3. The molecule has 1 atom stereocenters. The molecule has 0 amide bonds. The lowest BCUT2D eigenvalue weighted by molar-refractivity contribution is -0.115. The molecule has 0 spiro atoms. The van der Waals surface area contributed by atoms with Gasteiger partial charge in [-0.15, -0.1) is 0 Å². The summed E-state index contributed by atoms with van der Waals surface area (Å²) in [6.07, 6.45) is 2.36. The second kappa shape index (κ2) is 4.15. The molecule has 0 saturated heterocycles. The van der Waals surface area contributed by atoms with E-state index >= 15 is 0 Å². The Morgan fingerprint density at radius 2 is 2.00 bits per heavy atom. The fraction of sp³-hybridized carbons (Fsp3) is 0.727. The highest BCUT2D eigenvalue weighted by Gasteiger charge is 2.40. The zero-order valence-electron chi connectivity index (χ0n) is 10.1. The van der Waals surface area contributed by atoms with E-state index in [1.807, 2.05) is 6.08 Å². The highest BCUT2D eigenvalue weighted by atomic mass is 79.9. The fourth-order valence-corrected chi connectivity index (χ4v) is 2.94. The van der Waals surface area contributed by atoms with Gasteiger partial charge in [-0.1, -0.05) is 20.8 Å². The van der Waals surface area contributed by atoms with Gasteiger partial charge >= 0.3 is 0 Å². The molecule has 1 aliphatic carbocycles. The van der Waals surface area contributed by atoms with Crippen LogP contribution in [0.3, 0.4) is 0 Å². The van der Waals surface area contributed by atoms with Crippen molar-refractivity contribution in [3.63, 3.8) is 0 Å². The van der Waals surface area contributed by atoms with Gasteiger partial charge in [0.05, 0.1) is 10.6 Å². The molecular weight excluding hydrogens is 272 g/mol. The number of rotatable bonds is 2. The number of hydrogen-bond acceptors (Lipinski definition) is 2. The van der Waals surface area contributed by atoms with Gasteiger partial charge in [0.1, 0.15) is 0 Å². The van der Waals surface area contributed by atoms with Crippen molar-refractivity contribution < 1.29 is 9.22 Å².